The van der Waals surface area contributed by atoms with Crippen LogP contribution in [0, 0.1) is 0 Å². The number of hydroxylamine groups is 2. The van der Waals surface area contributed by atoms with E-state index >= 15 is 0 Å². The van der Waals surface area contributed by atoms with Gasteiger partial charge in [-0.1, -0.05) is 6.42 Å². The first kappa shape index (κ1) is 13.6. The van der Waals surface area contributed by atoms with E-state index in [0.29, 0.717) is 13.1 Å². The number of carbonyl (C=O) groups excluding carboxylic acids is 1. The summed E-state index contributed by atoms with van der Waals surface area (Å²) < 4.78 is 14.7. The summed E-state index contributed by atoms with van der Waals surface area (Å²) in [6.07, 6.45) is 1.72. The molecule has 1 rings (SSSR count). The molecule has 94 valence electrons. The van der Waals surface area contributed by atoms with E-state index in [2.05, 4.69) is 4.52 Å². The van der Waals surface area contributed by atoms with Crippen molar-refractivity contribution in [1.82, 2.24) is 5.06 Å². The molecule has 0 aromatic rings. The monoisotopic (exact) mass is 253 g/mol. The van der Waals surface area contributed by atoms with Gasteiger partial charge in [-0.15, -0.1) is 5.06 Å². The molecule has 0 aliphatic carbocycles. The van der Waals surface area contributed by atoms with E-state index in [9.17, 15) is 9.36 Å². The minimum Gasteiger partial charge on any atom is -0.366 e. The van der Waals surface area contributed by atoms with Gasteiger partial charge in [-0.2, -0.15) is 0 Å². The standard InChI is InChI=1S/C8H16NO6P/c1-7(15-16(11,12)13)8(10)14-9-5-3-2-4-6-9/h7H,2-6H2,1H3,(H2,11,12,13). The Kier molecular flexibility index (Phi) is 4.89. The van der Waals surface area contributed by atoms with Gasteiger partial charge in [0.2, 0.25) is 0 Å². The molecule has 1 fully saturated rings. The van der Waals surface area contributed by atoms with Crippen LogP contribution >= 0.6 is 7.82 Å². The zero-order chi connectivity index (χ0) is 12.2. The molecule has 1 unspecified atom stereocenters. The number of carbonyl (C=O) groups is 1. The molecule has 1 aliphatic rings. The highest BCUT2D eigenvalue weighted by Crippen LogP contribution is 2.37. The highest BCUT2D eigenvalue weighted by molar-refractivity contribution is 7.46. The van der Waals surface area contributed by atoms with Crippen LogP contribution in [0.4, 0.5) is 0 Å². The molecular formula is C8H16NO6P. The van der Waals surface area contributed by atoms with Crippen LogP contribution in [0.15, 0.2) is 0 Å². The minimum absolute atomic E-state index is 0.647. The maximum Gasteiger partial charge on any atom is 0.470 e. The molecular weight excluding hydrogens is 237 g/mol. The first-order valence-electron chi connectivity index (χ1n) is 5.09. The zero-order valence-electron chi connectivity index (χ0n) is 9.03. The van der Waals surface area contributed by atoms with Crippen LogP contribution in [-0.4, -0.2) is 40.0 Å². The van der Waals surface area contributed by atoms with Crippen LogP contribution in [0.3, 0.4) is 0 Å². The lowest BCUT2D eigenvalue weighted by Crippen LogP contribution is -2.36. The second kappa shape index (κ2) is 5.75. The molecule has 1 heterocycles. The summed E-state index contributed by atoms with van der Waals surface area (Å²) >= 11 is 0. The Balaban J connectivity index is 2.36. The van der Waals surface area contributed by atoms with Gasteiger partial charge in [-0.3, -0.25) is 4.52 Å². The number of hydrogen-bond acceptors (Lipinski definition) is 5. The van der Waals surface area contributed by atoms with Crippen LogP contribution in [-0.2, 0) is 18.7 Å². The van der Waals surface area contributed by atoms with E-state index in [1.165, 1.54) is 12.0 Å². The van der Waals surface area contributed by atoms with Crippen molar-refractivity contribution in [2.24, 2.45) is 0 Å². The van der Waals surface area contributed by atoms with E-state index in [0.717, 1.165) is 19.3 Å². The molecule has 0 radical (unpaired) electrons. The highest BCUT2D eigenvalue weighted by atomic mass is 31.2. The van der Waals surface area contributed by atoms with Crippen molar-refractivity contribution in [3.63, 3.8) is 0 Å². The Bertz CT molecular complexity index is 284. The molecule has 1 aliphatic heterocycles. The number of phosphoric ester groups is 1. The van der Waals surface area contributed by atoms with Crippen molar-refractivity contribution in [3.05, 3.63) is 0 Å². The van der Waals surface area contributed by atoms with E-state index < -0.39 is 19.9 Å². The summed E-state index contributed by atoms with van der Waals surface area (Å²) in [4.78, 5) is 33.3. The first-order chi connectivity index (χ1) is 7.38. The van der Waals surface area contributed by atoms with Gasteiger partial charge in [-0.05, 0) is 19.8 Å². The zero-order valence-corrected chi connectivity index (χ0v) is 9.93. The lowest BCUT2D eigenvalue weighted by molar-refractivity contribution is -0.202. The van der Waals surface area contributed by atoms with Gasteiger partial charge in [-0.25, -0.2) is 9.36 Å². The average Bonchev–Trinajstić information content (AvgIpc) is 2.16. The van der Waals surface area contributed by atoms with Crippen molar-refractivity contribution in [2.75, 3.05) is 13.1 Å². The van der Waals surface area contributed by atoms with Gasteiger partial charge in [0.1, 0.15) is 0 Å². The Morgan fingerprint density at radius 3 is 2.38 bits per heavy atom. The predicted octanol–water partition coefficient (Wildman–Crippen LogP) is 0.428. The Morgan fingerprint density at radius 1 is 1.31 bits per heavy atom. The second-order valence-corrected chi connectivity index (χ2v) is 4.83. The normalized spacial score (nSPS) is 20.4. The largest absolute Gasteiger partial charge is 0.470 e. The van der Waals surface area contributed by atoms with E-state index in [1.54, 1.807) is 0 Å². The Hall–Kier alpha value is -0.460. The fourth-order valence-electron chi connectivity index (χ4n) is 1.41. The molecule has 16 heavy (non-hydrogen) atoms. The SMILES string of the molecule is CC(OP(=O)(O)O)C(=O)ON1CCCCC1. The maximum atomic E-state index is 11.4. The number of piperidine rings is 1. The van der Waals surface area contributed by atoms with E-state index in [4.69, 9.17) is 14.6 Å². The third kappa shape index (κ3) is 5.05. The Labute approximate surface area is 93.5 Å². The first-order valence-corrected chi connectivity index (χ1v) is 6.62. The number of phosphoric acid groups is 1. The average molecular weight is 253 g/mol. The third-order valence-electron chi connectivity index (χ3n) is 2.16. The van der Waals surface area contributed by atoms with Gasteiger partial charge < -0.3 is 14.6 Å². The number of nitrogens with zero attached hydrogens (tertiary/aromatic N) is 1. The van der Waals surface area contributed by atoms with E-state index in [1.807, 2.05) is 0 Å². The van der Waals surface area contributed by atoms with Crippen LogP contribution in [0.5, 0.6) is 0 Å². The summed E-state index contributed by atoms with van der Waals surface area (Å²) in [5, 5.41) is 1.49. The molecule has 0 saturated carbocycles. The maximum absolute atomic E-state index is 11.4. The topological polar surface area (TPSA) is 96.3 Å². The van der Waals surface area contributed by atoms with Gasteiger partial charge in [0.25, 0.3) is 0 Å². The smallest absolute Gasteiger partial charge is 0.366 e. The molecule has 0 aromatic heterocycles. The summed E-state index contributed by atoms with van der Waals surface area (Å²) in [6, 6.07) is 0. The fraction of sp³-hybridized carbons (Fsp3) is 0.875. The minimum atomic E-state index is -4.65. The van der Waals surface area contributed by atoms with Crippen LogP contribution in [0.2, 0.25) is 0 Å². The molecule has 0 spiro atoms. The van der Waals surface area contributed by atoms with E-state index in [-0.39, 0.29) is 0 Å². The van der Waals surface area contributed by atoms with Gasteiger partial charge in [0, 0.05) is 13.1 Å². The van der Waals surface area contributed by atoms with Crippen LogP contribution in [0.25, 0.3) is 0 Å². The van der Waals surface area contributed by atoms with Crippen molar-refractivity contribution in [3.8, 4) is 0 Å². The van der Waals surface area contributed by atoms with Crippen LogP contribution in [0.1, 0.15) is 26.2 Å². The van der Waals surface area contributed by atoms with Crippen molar-refractivity contribution in [2.45, 2.75) is 32.3 Å². The lowest BCUT2D eigenvalue weighted by Gasteiger charge is -2.26. The molecule has 7 nitrogen and oxygen atoms in total. The molecule has 1 saturated heterocycles. The van der Waals surface area contributed by atoms with Crippen molar-refractivity contribution in [1.29, 1.82) is 0 Å². The van der Waals surface area contributed by atoms with Gasteiger partial charge in [0.05, 0.1) is 0 Å². The summed E-state index contributed by atoms with van der Waals surface area (Å²) in [7, 11) is -4.65. The second-order valence-electron chi connectivity index (χ2n) is 3.64. The summed E-state index contributed by atoms with van der Waals surface area (Å²) in [5.41, 5.74) is 0. The van der Waals surface area contributed by atoms with Crippen LogP contribution < -0.4 is 0 Å². The molecule has 8 heteroatoms. The molecule has 0 amide bonds. The molecule has 2 N–H and O–H groups in total. The predicted molar refractivity (Wildman–Crippen MR) is 54.1 cm³/mol. The molecule has 1 atom stereocenters. The van der Waals surface area contributed by atoms with Gasteiger partial charge >= 0.3 is 13.8 Å². The van der Waals surface area contributed by atoms with Crippen molar-refractivity contribution < 1.29 is 28.5 Å². The summed E-state index contributed by atoms with van der Waals surface area (Å²) in [6.45, 7) is 2.54. The fourth-order valence-corrected chi connectivity index (χ4v) is 1.90. The summed E-state index contributed by atoms with van der Waals surface area (Å²) in [5.74, 6) is -0.787. The Morgan fingerprint density at radius 2 is 1.88 bits per heavy atom. The van der Waals surface area contributed by atoms with Gasteiger partial charge in [0.15, 0.2) is 6.10 Å². The highest BCUT2D eigenvalue weighted by Gasteiger charge is 2.27. The lowest BCUT2D eigenvalue weighted by atomic mass is 10.2. The quantitative estimate of drug-likeness (QED) is 0.701. The van der Waals surface area contributed by atoms with Crippen molar-refractivity contribution >= 4 is 13.8 Å². The molecule has 0 bridgehead atoms. The number of hydrogen-bond donors (Lipinski definition) is 2. The molecule has 0 aromatic carbocycles. The number of rotatable bonds is 4. The third-order valence-corrected chi connectivity index (χ3v) is 2.75.